The Balaban J connectivity index is 0.726. The van der Waals surface area contributed by atoms with E-state index in [1.165, 1.54) is 45.5 Å². The number of benzene rings is 5. The molecule has 1 aliphatic carbocycles. The van der Waals surface area contributed by atoms with Crippen molar-refractivity contribution in [3.05, 3.63) is 154 Å². The van der Waals surface area contributed by atoms with E-state index >= 15 is 0 Å². The number of nitrogens with zero attached hydrogens (tertiary/aromatic N) is 5. The average molecular weight is 1300 g/mol. The van der Waals surface area contributed by atoms with E-state index in [1.54, 1.807) is 24.3 Å². The van der Waals surface area contributed by atoms with Crippen LogP contribution in [0.1, 0.15) is 109 Å². The van der Waals surface area contributed by atoms with E-state index in [9.17, 15) is 49.2 Å². The fourth-order valence-electron chi connectivity index (χ4n) is 12.3. The van der Waals surface area contributed by atoms with Gasteiger partial charge in [-0.3, -0.25) is 29.4 Å². The van der Waals surface area contributed by atoms with E-state index in [0.717, 1.165) is 131 Å². The maximum atomic E-state index is 14.5. The fourth-order valence-corrected chi connectivity index (χ4v) is 15.5. The van der Waals surface area contributed by atoms with Gasteiger partial charge < -0.3 is 24.9 Å². The van der Waals surface area contributed by atoms with Crippen molar-refractivity contribution in [1.82, 2.24) is 29.6 Å². The largest absolute Gasteiger partial charge is 0.501 e. The maximum absolute atomic E-state index is 14.5. The lowest BCUT2D eigenvalue weighted by Gasteiger charge is -2.39. The summed E-state index contributed by atoms with van der Waals surface area (Å²) in [5, 5.41) is 6.10. The number of amides is 4. The van der Waals surface area contributed by atoms with Gasteiger partial charge in [-0.05, 0) is 152 Å². The second-order valence-corrected chi connectivity index (χ2v) is 29.3. The Kier molecular flexibility index (Phi) is 20.7. The highest BCUT2D eigenvalue weighted by Crippen LogP contribution is 2.43. The predicted molar refractivity (Wildman–Crippen MR) is 341 cm³/mol. The summed E-state index contributed by atoms with van der Waals surface area (Å²) in [5.74, 6) is 4.74. The highest BCUT2D eigenvalue weighted by Gasteiger charge is 2.49. The van der Waals surface area contributed by atoms with Crippen molar-refractivity contribution in [2.75, 3.05) is 88.0 Å². The molecule has 4 heterocycles. The minimum absolute atomic E-state index is 0.0188. The number of imide groups is 1. The van der Waals surface area contributed by atoms with Crippen LogP contribution in [0.15, 0.2) is 136 Å². The van der Waals surface area contributed by atoms with Gasteiger partial charge in [-0.1, -0.05) is 79.3 Å². The van der Waals surface area contributed by atoms with Crippen molar-refractivity contribution in [2.24, 2.45) is 5.41 Å². The third-order valence-electron chi connectivity index (χ3n) is 17.4. The molecule has 5 aliphatic rings. The van der Waals surface area contributed by atoms with Crippen molar-refractivity contribution in [2.45, 2.75) is 110 Å². The molecule has 89 heavy (non-hydrogen) atoms. The van der Waals surface area contributed by atoms with Gasteiger partial charge in [0.25, 0.3) is 31.7 Å². The van der Waals surface area contributed by atoms with Crippen LogP contribution in [0.4, 0.5) is 24.5 Å². The molecule has 2 atom stereocenters. The Labute approximate surface area is 528 Å². The fraction of sp³-hybridized carbons (Fsp3) is 0.424. The zero-order valence-corrected chi connectivity index (χ0v) is 53.1. The molecule has 4 aliphatic heterocycles. The number of unbranched alkanes of at least 4 members (excludes halogenated alkanes) is 2. The van der Waals surface area contributed by atoms with Gasteiger partial charge in [0.05, 0.1) is 10.6 Å². The number of allylic oxidation sites excluding steroid dienone is 1. The zero-order chi connectivity index (χ0) is 63.1. The van der Waals surface area contributed by atoms with E-state index in [2.05, 4.69) is 68.1 Å². The van der Waals surface area contributed by atoms with Crippen LogP contribution in [0.25, 0.3) is 5.57 Å². The summed E-state index contributed by atoms with van der Waals surface area (Å²) in [7, 11) is -11.0. The molecule has 10 rings (SSSR count). The number of nitrogens with one attached hydrogen (secondary N) is 3. The first-order chi connectivity index (χ1) is 42.5. The van der Waals surface area contributed by atoms with Gasteiger partial charge in [-0.15, -0.1) is 11.8 Å². The van der Waals surface area contributed by atoms with Crippen LogP contribution >= 0.6 is 23.4 Å². The number of rotatable bonds is 21. The number of alkyl halides is 3. The minimum atomic E-state index is -6.13. The first-order valence-electron chi connectivity index (χ1n) is 30.2. The number of halogens is 4. The Bertz CT molecular complexity index is 3750. The Morgan fingerprint density at radius 1 is 0.809 bits per heavy atom. The molecular formula is C66H74ClF3N8O8S3. The van der Waals surface area contributed by atoms with Gasteiger partial charge in [0.2, 0.25) is 11.8 Å². The number of anilines is 2. The number of hydrogen-bond donors (Lipinski definition) is 3. The summed E-state index contributed by atoms with van der Waals surface area (Å²) in [6.07, 6.45) is 6.39. The monoisotopic (exact) mass is 1290 g/mol. The number of sulfone groups is 1. The molecule has 3 N–H and O–H groups in total. The highest BCUT2D eigenvalue weighted by molar-refractivity contribution is 7.99. The summed E-state index contributed by atoms with van der Waals surface area (Å²) in [4.78, 5) is 60.6. The highest BCUT2D eigenvalue weighted by atomic mass is 35.5. The third-order valence-corrected chi connectivity index (χ3v) is 21.7. The van der Waals surface area contributed by atoms with Crippen LogP contribution in [0, 0.1) is 17.3 Å². The number of fused-ring (bicyclic) bond motifs is 1. The molecule has 5 aromatic rings. The van der Waals surface area contributed by atoms with E-state index in [4.69, 9.17) is 11.6 Å². The summed E-state index contributed by atoms with van der Waals surface area (Å²) >= 11 is 7.66. The average Bonchev–Trinajstić information content (AvgIpc) is 1.79. The summed E-state index contributed by atoms with van der Waals surface area (Å²) in [5.41, 5.74) is 0.883. The molecule has 472 valence electrons. The lowest BCUT2D eigenvalue weighted by atomic mass is 9.73. The second-order valence-electron chi connectivity index (χ2n) is 24.2. The second kappa shape index (κ2) is 28.2. The third kappa shape index (κ3) is 16.3. The number of carbonyl (C=O) groups is 4. The summed E-state index contributed by atoms with van der Waals surface area (Å²) in [6.45, 7) is 13.2. The summed E-state index contributed by atoms with van der Waals surface area (Å²) in [6, 6.07) is 30.4. The molecule has 2 unspecified atom stereocenters. The standard InChI is InChI=1S/C66H74ClF3N8O8S3/c1-65(2)30-28-55(47-16-20-50(67)21-17-47)49(42-65)43-76-37-39-77(40-38-76)52-22-18-48(19-23-52)62(80)73-89(85,86)54-24-25-58(60(41-54)88(83,84)66(68,69)70)71-51(45-87-53-13-7-5-8-14-53)29-32-75-35-33-74(34-36-75)31-9-4-3-6-11-46-12-10-15-56-57(46)44-78(64(56)82)59-26-27-61(79)72-63(59)81/h5,7-8,10,12-25,41,51,59,71H,3-4,9,26-40,42-45H2,1-2H3,(H,73,80)(H,72,79,81). The quantitative estimate of drug-likeness (QED) is 0.0272. The number of hydrogen-bond acceptors (Lipinski definition) is 14. The topological polar surface area (TPSA) is 189 Å². The smallest absolute Gasteiger partial charge is 0.380 e. The van der Waals surface area contributed by atoms with Crippen LogP contribution in [-0.2, 0) is 36.0 Å². The molecule has 0 saturated carbocycles. The van der Waals surface area contributed by atoms with Gasteiger partial charge in [0.15, 0.2) is 0 Å². The Morgan fingerprint density at radius 2 is 1.51 bits per heavy atom. The van der Waals surface area contributed by atoms with E-state index in [1.807, 2.05) is 53.3 Å². The number of piperidine rings is 1. The Hall–Kier alpha value is -6.71. The molecule has 0 aromatic heterocycles. The van der Waals surface area contributed by atoms with Gasteiger partial charge in [0.1, 0.15) is 10.9 Å². The van der Waals surface area contributed by atoms with Crippen LogP contribution < -0.4 is 20.3 Å². The number of thioether (sulfide) groups is 1. The normalized spacial score (nSPS) is 19.1. The number of piperazine rings is 2. The van der Waals surface area contributed by atoms with Crippen LogP contribution in [0.5, 0.6) is 0 Å². The van der Waals surface area contributed by atoms with E-state index in [-0.39, 0.29) is 42.2 Å². The lowest BCUT2D eigenvalue weighted by molar-refractivity contribution is -0.136. The zero-order valence-electron chi connectivity index (χ0n) is 49.9. The molecule has 16 nitrogen and oxygen atoms in total. The molecule has 0 bridgehead atoms. The molecule has 3 fully saturated rings. The van der Waals surface area contributed by atoms with Crippen molar-refractivity contribution in [1.29, 1.82) is 0 Å². The van der Waals surface area contributed by atoms with Gasteiger partial charge in [-0.25, -0.2) is 21.6 Å². The lowest BCUT2D eigenvalue weighted by Crippen LogP contribution is -2.52. The molecular weight excluding hydrogens is 1220 g/mol. The van der Waals surface area contributed by atoms with Gasteiger partial charge in [0, 0.05) is 129 Å². The van der Waals surface area contributed by atoms with Crippen molar-refractivity contribution >= 4 is 83.8 Å². The van der Waals surface area contributed by atoms with Crippen molar-refractivity contribution in [3.8, 4) is 11.8 Å². The van der Waals surface area contributed by atoms with Gasteiger partial charge in [-0.2, -0.15) is 13.2 Å². The predicted octanol–water partition coefficient (Wildman–Crippen LogP) is 10.1. The summed E-state index contributed by atoms with van der Waals surface area (Å²) < 4.78 is 99.8. The van der Waals surface area contributed by atoms with Crippen LogP contribution in [-0.4, -0.2) is 155 Å². The molecule has 4 amide bonds. The van der Waals surface area contributed by atoms with Crippen molar-refractivity contribution < 1.29 is 49.2 Å². The minimum Gasteiger partial charge on any atom is -0.380 e. The first-order valence-corrected chi connectivity index (χ1v) is 34.5. The van der Waals surface area contributed by atoms with Crippen LogP contribution in [0.2, 0.25) is 5.02 Å². The van der Waals surface area contributed by atoms with E-state index < -0.39 is 64.7 Å². The molecule has 0 radical (unpaired) electrons. The maximum Gasteiger partial charge on any atom is 0.501 e. The van der Waals surface area contributed by atoms with Crippen molar-refractivity contribution in [3.63, 3.8) is 0 Å². The van der Waals surface area contributed by atoms with Gasteiger partial charge >= 0.3 is 5.51 Å². The molecule has 3 saturated heterocycles. The molecule has 5 aromatic carbocycles. The molecule has 0 spiro atoms. The molecule has 23 heteroatoms. The van der Waals surface area contributed by atoms with Crippen LogP contribution in [0.3, 0.4) is 0 Å². The van der Waals surface area contributed by atoms with E-state index in [0.29, 0.717) is 41.8 Å². The number of sulfonamides is 1. The SMILES string of the molecule is CC1(C)CCC(c2ccc(Cl)cc2)=C(CN2CCN(c3ccc(C(=O)NS(=O)(=O)c4ccc(NC(CCN5CCN(CCCCC#Cc6cccc7c6CN(C6CCC(=O)NC6=O)C7=O)CC5)CSc5ccccc5)c(S(=O)(=O)C(F)(F)F)c4)cc3)CC2)C1. The first kappa shape index (κ1) is 65.2. The number of carbonyl (C=O) groups excluding carboxylic acids is 4. The Morgan fingerprint density at radius 3 is 2.20 bits per heavy atom.